The van der Waals surface area contributed by atoms with Crippen molar-refractivity contribution in [2.24, 2.45) is 5.92 Å². The SMILES string of the molecule is CC(C)(C(=O)NC[C@@H]1CNCC[C@@H]1c1ccc(F)cc1)c1ccccc1F. The summed E-state index contributed by atoms with van der Waals surface area (Å²) in [6, 6.07) is 13.0. The van der Waals surface area contributed by atoms with E-state index in [0.717, 1.165) is 25.1 Å². The predicted octanol–water partition coefficient (Wildman–Crippen LogP) is 3.75. The Hall–Kier alpha value is -2.27. The number of hydrogen-bond donors (Lipinski definition) is 2. The minimum absolute atomic E-state index is 0.198. The Morgan fingerprint density at radius 2 is 1.85 bits per heavy atom. The van der Waals surface area contributed by atoms with Crippen LogP contribution in [0.2, 0.25) is 0 Å². The summed E-state index contributed by atoms with van der Waals surface area (Å²) in [5, 5.41) is 6.37. The first-order valence-corrected chi connectivity index (χ1v) is 9.39. The molecule has 1 saturated heterocycles. The van der Waals surface area contributed by atoms with Crippen LogP contribution < -0.4 is 10.6 Å². The molecule has 3 nitrogen and oxygen atoms in total. The van der Waals surface area contributed by atoms with Gasteiger partial charge in [0.15, 0.2) is 0 Å². The van der Waals surface area contributed by atoms with E-state index in [1.165, 1.54) is 18.2 Å². The van der Waals surface area contributed by atoms with E-state index in [4.69, 9.17) is 0 Å². The summed E-state index contributed by atoms with van der Waals surface area (Å²) < 4.78 is 27.4. The van der Waals surface area contributed by atoms with E-state index in [0.29, 0.717) is 12.1 Å². The molecule has 0 aromatic heterocycles. The van der Waals surface area contributed by atoms with E-state index in [9.17, 15) is 13.6 Å². The van der Waals surface area contributed by atoms with Crippen LogP contribution in [0.1, 0.15) is 37.3 Å². The van der Waals surface area contributed by atoms with Gasteiger partial charge in [-0.25, -0.2) is 8.78 Å². The van der Waals surface area contributed by atoms with E-state index < -0.39 is 5.41 Å². The Labute approximate surface area is 159 Å². The zero-order chi connectivity index (χ0) is 19.4. The summed E-state index contributed by atoms with van der Waals surface area (Å²) in [6.45, 7) is 5.63. The normalized spacial score (nSPS) is 20.3. The summed E-state index contributed by atoms with van der Waals surface area (Å²) >= 11 is 0. The molecule has 5 heteroatoms. The lowest BCUT2D eigenvalue weighted by molar-refractivity contribution is -0.126. The summed E-state index contributed by atoms with van der Waals surface area (Å²) in [6.07, 6.45) is 0.933. The fraction of sp³-hybridized carbons (Fsp3) is 0.409. The second kappa shape index (κ2) is 8.17. The molecule has 1 heterocycles. The van der Waals surface area contributed by atoms with Crippen molar-refractivity contribution < 1.29 is 13.6 Å². The summed E-state index contributed by atoms with van der Waals surface area (Å²) in [5.41, 5.74) is 0.517. The average Bonchev–Trinajstić information content (AvgIpc) is 2.67. The van der Waals surface area contributed by atoms with Crippen molar-refractivity contribution in [3.63, 3.8) is 0 Å². The highest BCUT2D eigenvalue weighted by molar-refractivity contribution is 5.87. The Morgan fingerprint density at radius 3 is 2.56 bits per heavy atom. The molecule has 1 fully saturated rings. The summed E-state index contributed by atoms with van der Waals surface area (Å²) in [7, 11) is 0. The van der Waals surface area contributed by atoms with Gasteiger partial charge >= 0.3 is 0 Å². The van der Waals surface area contributed by atoms with Crippen molar-refractivity contribution in [3.05, 3.63) is 71.3 Å². The van der Waals surface area contributed by atoms with E-state index in [-0.39, 0.29) is 29.4 Å². The molecule has 2 aromatic rings. The van der Waals surface area contributed by atoms with Gasteiger partial charge in [-0.3, -0.25) is 4.79 Å². The van der Waals surface area contributed by atoms with Crippen molar-refractivity contribution in [3.8, 4) is 0 Å². The standard InChI is InChI=1S/C22H26F2N2O/c1-22(2,19-5-3-4-6-20(19)24)21(27)26-14-16-13-25-12-11-18(16)15-7-9-17(23)10-8-15/h3-10,16,18,25H,11-14H2,1-2H3,(H,26,27)/t16-,18+/m0/s1. The maximum absolute atomic E-state index is 14.1. The lowest BCUT2D eigenvalue weighted by atomic mass is 9.80. The van der Waals surface area contributed by atoms with Crippen LogP contribution in [0.4, 0.5) is 8.78 Å². The third kappa shape index (κ3) is 4.35. The second-order valence-corrected chi connectivity index (χ2v) is 7.73. The number of amides is 1. The monoisotopic (exact) mass is 372 g/mol. The van der Waals surface area contributed by atoms with Gasteiger partial charge in [-0.05, 0) is 62.4 Å². The first-order valence-electron chi connectivity index (χ1n) is 9.39. The number of benzene rings is 2. The number of hydrogen-bond acceptors (Lipinski definition) is 2. The third-order valence-corrected chi connectivity index (χ3v) is 5.55. The minimum atomic E-state index is -0.960. The molecule has 1 aliphatic heterocycles. The molecule has 0 aliphatic carbocycles. The number of rotatable bonds is 5. The molecule has 0 unspecified atom stereocenters. The summed E-state index contributed by atoms with van der Waals surface area (Å²) in [5.74, 6) is -0.366. The average molecular weight is 372 g/mol. The number of carbonyl (C=O) groups excluding carboxylic acids is 1. The van der Waals surface area contributed by atoms with Crippen molar-refractivity contribution in [1.82, 2.24) is 10.6 Å². The highest BCUT2D eigenvalue weighted by atomic mass is 19.1. The van der Waals surface area contributed by atoms with Gasteiger partial charge in [-0.1, -0.05) is 30.3 Å². The molecule has 0 spiro atoms. The smallest absolute Gasteiger partial charge is 0.230 e. The maximum atomic E-state index is 14.1. The first-order chi connectivity index (χ1) is 12.9. The molecule has 0 bridgehead atoms. The fourth-order valence-electron chi connectivity index (χ4n) is 3.82. The second-order valence-electron chi connectivity index (χ2n) is 7.73. The van der Waals surface area contributed by atoms with Gasteiger partial charge in [0.2, 0.25) is 5.91 Å². The van der Waals surface area contributed by atoms with E-state index in [1.807, 2.05) is 12.1 Å². The van der Waals surface area contributed by atoms with Gasteiger partial charge in [0.25, 0.3) is 0 Å². The molecule has 2 atom stereocenters. The third-order valence-electron chi connectivity index (χ3n) is 5.55. The van der Waals surface area contributed by atoms with Crippen molar-refractivity contribution in [1.29, 1.82) is 0 Å². The van der Waals surface area contributed by atoms with Crippen LogP contribution >= 0.6 is 0 Å². The molecule has 2 aromatic carbocycles. The van der Waals surface area contributed by atoms with Gasteiger partial charge in [0.05, 0.1) is 5.41 Å². The fourth-order valence-corrected chi connectivity index (χ4v) is 3.82. The van der Waals surface area contributed by atoms with E-state index in [2.05, 4.69) is 10.6 Å². The van der Waals surface area contributed by atoms with Gasteiger partial charge in [-0.15, -0.1) is 0 Å². The van der Waals surface area contributed by atoms with Crippen LogP contribution in [-0.2, 0) is 10.2 Å². The molecule has 2 N–H and O–H groups in total. The molecule has 27 heavy (non-hydrogen) atoms. The minimum Gasteiger partial charge on any atom is -0.355 e. The van der Waals surface area contributed by atoms with Gasteiger partial charge in [0.1, 0.15) is 11.6 Å². The predicted molar refractivity (Wildman–Crippen MR) is 103 cm³/mol. The van der Waals surface area contributed by atoms with E-state index >= 15 is 0 Å². The largest absolute Gasteiger partial charge is 0.355 e. The maximum Gasteiger partial charge on any atom is 0.230 e. The number of halogens is 2. The van der Waals surface area contributed by atoms with Gasteiger partial charge < -0.3 is 10.6 Å². The summed E-state index contributed by atoms with van der Waals surface area (Å²) in [4.78, 5) is 12.8. The highest BCUT2D eigenvalue weighted by Crippen LogP contribution is 2.31. The van der Waals surface area contributed by atoms with E-state index in [1.54, 1.807) is 32.0 Å². The lowest BCUT2D eigenvalue weighted by Gasteiger charge is -2.34. The van der Waals surface area contributed by atoms with Crippen LogP contribution in [0.5, 0.6) is 0 Å². The van der Waals surface area contributed by atoms with Crippen LogP contribution in [0.25, 0.3) is 0 Å². The van der Waals surface area contributed by atoms with Gasteiger partial charge in [0, 0.05) is 18.7 Å². The van der Waals surface area contributed by atoms with Gasteiger partial charge in [-0.2, -0.15) is 0 Å². The molecule has 0 radical (unpaired) electrons. The quantitative estimate of drug-likeness (QED) is 0.839. The molecule has 144 valence electrons. The molecule has 1 aliphatic rings. The number of piperidine rings is 1. The Balaban J connectivity index is 1.69. The zero-order valence-electron chi connectivity index (χ0n) is 15.8. The molecular weight excluding hydrogens is 346 g/mol. The number of nitrogens with one attached hydrogen (secondary N) is 2. The lowest BCUT2D eigenvalue weighted by Crippen LogP contribution is -2.46. The van der Waals surface area contributed by atoms with Crippen molar-refractivity contribution in [2.45, 2.75) is 31.6 Å². The molecule has 1 amide bonds. The van der Waals surface area contributed by atoms with Crippen LogP contribution in [-0.4, -0.2) is 25.5 Å². The Kier molecular flexibility index (Phi) is 5.90. The van der Waals surface area contributed by atoms with Crippen molar-refractivity contribution in [2.75, 3.05) is 19.6 Å². The Morgan fingerprint density at radius 1 is 1.15 bits per heavy atom. The van der Waals surface area contributed by atoms with Crippen LogP contribution in [0.15, 0.2) is 48.5 Å². The van der Waals surface area contributed by atoms with Crippen molar-refractivity contribution >= 4 is 5.91 Å². The Bertz CT molecular complexity index is 789. The first kappa shape index (κ1) is 19.5. The van der Waals surface area contributed by atoms with Crippen LogP contribution in [0, 0.1) is 17.6 Å². The highest BCUT2D eigenvalue weighted by Gasteiger charge is 2.33. The molecule has 3 rings (SSSR count). The van der Waals surface area contributed by atoms with Crippen LogP contribution in [0.3, 0.4) is 0 Å². The molecule has 0 saturated carbocycles. The molecular formula is C22H26F2N2O. The topological polar surface area (TPSA) is 41.1 Å². The number of carbonyl (C=O) groups is 1. The zero-order valence-corrected chi connectivity index (χ0v) is 15.8.